The Morgan fingerprint density at radius 1 is 0.968 bits per heavy atom. The summed E-state index contributed by atoms with van der Waals surface area (Å²) in [6.45, 7) is 3.20. The van der Waals surface area contributed by atoms with Crippen molar-refractivity contribution >= 4 is 21.6 Å². The van der Waals surface area contributed by atoms with Crippen LogP contribution in [0.5, 0.6) is 0 Å². The summed E-state index contributed by atoms with van der Waals surface area (Å²) >= 11 is 0. The zero-order chi connectivity index (χ0) is 21.7. The van der Waals surface area contributed by atoms with E-state index in [1.807, 2.05) is 18.2 Å². The third-order valence-corrected chi connectivity index (χ3v) is 8.02. The van der Waals surface area contributed by atoms with Crippen LogP contribution in [-0.4, -0.2) is 51.4 Å². The topological polar surface area (TPSA) is 82.9 Å². The number of piperidine rings is 2. The van der Waals surface area contributed by atoms with Crippen molar-refractivity contribution in [1.82, 2.24) is 9.62 Å². The normalized spacial score (nSPS) is 18.1. The van der Waals surface area contributed by atoms with Crippen LogP contribution in [-0.2, 0) is 16.4 Å². The molecule has 2 aliphatic rings. The van der Waals surface area contributed by atoms with Gasteiger partial charge in [-0.05, 0) is 62.4 Å². The first kappa shape index (κ1) is 21.9. The van der Waals surface area contributed by atoms with Gasteiger partial charge in [0, 0.05) is 44.7 Å². The van der Waals surface area contributed by atoms with E-state index in [-0.39, 0.29) is 10.8 Å². The lowest BCUT2D eigenvalue weighted by atomic mass is 10.1. The molecule has 1 amide bonds. The first-order valence-corrected chi connectivity index (χ1v) is 12.7. The Bertz CT molecular complexity index is 976. The van der Waals surface area contributed by atoms with E-state index in [0.717, 1.165) is 56.6 Å². The van der Waals surface area contributed by atoms with Gasteiger partial charge in [-0.1, -0.05) is 6.42 Å². The van der Waals surface area contributed by atoms with Crippen LogP contribution in [0, 0.1) is 0 Å². The van der Waals surface area contributed by atoms with Gasteiger partial charge in [0.05, 0.1) is 12.0 Å². The van der Waals surface area contributed by atoms with Crippen LogP contribution < -0.4 is 10.2 Å². The van der Waals surface area contributed by atoms with Crippen molar-refractivity contribution in [1.29, 1.82) is 0 Å². The average Bonchev–Trinajstić information content (AvgIpc) is 3.33. The summed E-state index contributed by atoms with van der Waals surface area (Å²) < 4.78 is 34.0. The van der Waals surface area contributed by atoms with Crippen molar-refractivity contribution in [2.24, 2.45) is 0 Å². The Balaban J connectivity index is 1.58. The highest BCUT2D eigenvalue weighted by Gasteiger charge is 2.31. The number of sulfonamides is 1. The van der Waals surface area contributed by atoms with Gasteiger partial charge in [0.2, 0.25) is 10.0 Å². The molecule has 1 N–H and O–H groups in total. The highest BCUT2D eigenvalue weighted by molar-refractivity contribution is 7.89. The molecule has 2 aromatic rings. The van der Waals surface area contributed by atoms with Crippen molar-refractivity contribution in [2.75, 3.05) is 37.6 Å². The fraction of sp³-hybridized carbons (Fsp3) is 0.522. The molecular formula is C23H31N3O4S. The smallest absolute Gasteiger partial charge is 0.251 e. The van der Waals surface area contributed by atoms with Gasteiger partial charge in [0.1, 0.15) is 10.7 Å². The first-order valence-electron chi connectivity index (χ1n) is 11.3. The van der Waals surface area contributed by atoms with Crippen LogP contribution in [0.1, 0.15) is 54.6 Å². The fourth-order valence-corrected chi connectivity index (χ4v) is 6.11. The number of carbonyl (C=O) groups is 1. The zero-order valence-electron chi connectivity index (χ0n) is 17.9. The lowest BCUT2D eigenvalue weighted by Gasteiger charge is -2.33. The van der Waals surface area contributed by atoms with Crippen molar-refractivity contribution in [3.05, 3.63) is 47.9 Å². The van der Waals surface area contributed by atoms with Gasteiger partial charge in [-0.25, -0.2) is 8.42 Å². The molecule has 0 radical (unpaired) electrons. The second kappa shape index (κ2) is 9.87. The van der Waals surface area contributed by atoms with E-state index in [4.69, 9.17) is 4.42 Å². The molecule has 2 saturated heterocycles. The largest absolute Gasteiger partial charge is 0.469 e. The Hall–Kier alpha value is -2.32. The van der Waals surface area contributed by atoms with Gasteiger partial charge >= 0.3 is 0 Å². The average molecular weight is 446 g/mol. The minimum Gasteiger partial charge on any atom is -0.469 e. The zero-order valence-corrected chi connectivity index (χ0v) is 18.7. The first-order chi connectivity index (χ1) is 15.1. The summed E-state index contributed by atoms with van der Waals surface area (Å²) in [5.41, 5.74) is 1.09. The van der Waals surface area contributed by atoms with Crippen molar-refractivity contribution < 1.29 is 17.6 Å². The van der Waals surface area contributed by atoms with Gasteiger partial charge in [-0.3, -0.25) is 4.79 Å². The number of hydrogen-bond acceptors (Lipinski definition) is 5. The predicted molar refractivity (Wildman–Crippen MR) is 120 cm³/mol. The molecule has 8 heteroatoms. The number of furan rings is 1. The van der Waals surface area contributed by atoms with E-state index in [1.165, 1.54) is 6.42 Å². The number of benzene rings is 1. The van der Waals surface area contributed by atoms with E-state index in [0.29, 0.717) is 31.6 Å². The molecule has 0 bridgehead atoms. The summed E-state index contributed by atoms with van der Waals surface area (Å²) in [5, 5.41) is 2.87. The molecule has 2 aliphatic heterocycles. The Labute approximate surface area is 184 Å². The molecule has 7 nitrogen and oxygen atoms in total. The number of rotatable bonds is 7. The molecular weight excluding hydrogens is 414 g/mol. The van der Waals surface area contributed by atoms with Crippen molar-refractivity contribution in [3.63, 3.8) is 0 Å². The fourth-order valence-electron chi connectivity index (χ4n) is 4.36. The van der Waals surface area contributed by atoms with E-state index in [1.54, 1.807) is 22.7 Å². The number of hydrogen-bond donors (Lipinski definition) is 1. The third kappa shape index (κ3) is 5.13. The van der Waals surface area contributed by atoms with Gasteiger partial charge in [0.15, 0.2) is 0 Å². The summed E-state index contributed by atoms with van der Waals surface area (Å²) in [4.78, 5) is 15.2. The summed E-state index contributed by atoms with van der Waals surface area (Å²) in [6, 6.07) is 8.79. The van der Waals surface area contributed by atoms with Crippen molar-refractivity contribution in [3.8, 4) is 0 Å². The molecule has 1 aromatic carbocycles. The van der Waals surface area contributed by atoms with Crippen LogP contribution in [0.25, 0.3) is 0 Å². The molecule has 168 valence electrons. The maximum Gasteiger partial charge on any atom is 0.251 e. The van der Waals surface area contributed by atoms with Crippen LogP contribution in [0.3, 0.4) is 0 Å². The number of nitrogens with zero attached hydrogens (tertiary/aromatic N) is 2. The molecule has 2 fully saturated rings. The highest BCUT2D eigenvalue weighted by Crippen LogP contribution is 2.32. The Morgan fingerprint density at radius 2 is 1.68 bits per heavy atom. The molecule has 0 unspecified atom stereocenters. The van der Waals surface area contributed by atoms with E-state index >= 15 is 0 Å². The van der Waals surface area contributed by atoms with Gasteiger partial charge in [-0.15, -0.1) is 0 Å². The highest BCUT2D eigenvalue weighted by atomic mass is 32.2. The molecule has 0 aliphatic carbocycles. The van der Waals surface area contributed by atoms with E-state index in [2.05, 4.69) is 10.2 Å². The van der Waals surface area contributed by atoms with Crippen molar-refractivity contribution in [2.45, 2.75) is 49.8 Å². The maximum atomic E-state index is 13.6. The summed E-state index contributed by atoms with van der Waals surface area (Å²) in [7, 11) is -3.66. The van der Waals surface area contributed by atoms with Gasteiger partial charge in [0.25, 0.3) is 5.91 Å². The number of nitrogens with one attached hydrogen (secondary N) is 1. The number of anilines is 1. The lowest BCUT2D eigenvalue weighted by molar-refractivity contribution is 0.0953. The molecule has 0 spiro atoms. The molecule has 1 aromatic heterocycles. The van der Waals surface area contributed by atoms with Crippen LogP contribution >= 0.6 is 0 Å². The molecule has 31 heavy (non-hydrogen) atoms. The Kier molecular flexibility index (Phi) is 6.97. The summed E-state index contributed by atoms with van der Waals surface area (Å²) in [5.74, 6) is 0.529. The van der Waals surface area contributed by atoms with E-state index in [9.17, 15) is 13.2 Å². The van der Waals surface area contributed by atoms with Crippen LogP contribution in [0.4, 0.5) is 5.69 Å². The predicted octanol–water partition coefficient (Wildman–Crippen LogP) is 3.42. The van der Waals surface area contributed by atoms with Gasteiger partial charge < -0.3 is 14.6 Å². The van der Waals surface area contributed by atoms with Crippen LogP contribution in [0.2, 0.25) is 0 Å². The number of carbonyl (C=O) groups excluding carboxylic acids is 1. The molecule has 3 heterocycles. The summed E-state index contributed by atoms with van der Waals surface area (Å²) in [6.07, 6.45) is 8.29. The second-order valence-electron chi connectivity index (χ2n) is 8.28. The lowest BCUT2D eigenvalue weighted by Crippen LogP contribution is -2.38. The van der Waals surface area contributed by atoms with Crippen LogP contribution in [0.15, 0.2) is 45.9 Å². The standard InChI is InChI=1S/C23H31N3O4S/c27-23(24-12-11-20-8-7-17-30-20)19-9-10-21(25-13-3-1-4-14-25)22(18-19)31(28,29)26-15-5-2-6-16-26/h7-10,17-18H,1-6,11-16H2,(H,24,27). The van der Waals surface area contributed by atoms with Gasteiger partial charge in [-0.2, -0.15) is 4.31 Å². The molecule has 4 rings (SSSR count). The second-order valence-corrected chi connectivity index (χ2v) is 10.2. The number of amides is 1. The minimum absolute atomic E-state index is 0.259. The maximum absolute atomic E-state index is 13.6. The quantitative estimate of drug-likeness (QED) is 0.706. The monoisotopic (exact) mass is 445 g/mol. The Morgan fingerprint density at radius 3 is 2.35 bits per heavy atom. The third-order valence-electron chi connectivity index (χ3n) is 6.09. The van der Waals surface area contributed by atoms with E-state index < -0.39 is 10.0 Å². The molecule has 0 saturated carbocycles. The molecule has 0 atom stereocenters. The SMILES string of the molecule is O=C(NCCc1ccco1)c1ccc(N2CCCCC2)c(S(=O)(=O)N2CCCCC2)c1. The minimum atomic E-state index is -3.66.